The zero-order valence-corrected chi connectivity index (χ0v) is 8.51. The van der Waals surface area contributed by atoms with Crippen LogP contribution in [0.15, 0.2) is 35.5 Å². The fourth-order valence-electron chi connectivity index (χ4n) is 2.24. The van der Waals surface area contributed by atoms with Crippen LogP contribution in [0.3, 0.4) is 0 Å². The summed E-state index contributed by atoms with van der Waals surface area (Å²) in [6.45, 7) is 4.49. The zero-order chi connectivity index (χ0) is 9.26. The lowest BCUT2D eigenvalue weighted by molar-refractivity contribution is 0.632. The Bertz CT molecular complexity index is 276. The van der Waals surface area contributed by atoms with Crippen molar-refractivity contribution < 1.29 is 0 Å². The van der Waals surface area contributed by atoms with Gasteiger partial charge in [-0.05, 0) is 18.4 Å². The van der Waals surface area contributed by atoms with E-state index < -0.39 is 0 Å². The highest BCUT2D eigenvalue weighted by atomic mass is 14.3. The summed E-state index contributed by atoms with van der Waals surface area (Å²) in [5.41, 5.74) is 3.15. The van der Waals surface area contributed by atoms with Crippen molar-refractivity contribution in [3.8, 4) is 0 Å². The summed E-state index contributed by atoms with van der Waals surface area (Å²) < 4.78 is 0. The molecule has 0 spiro atoms. The molecule has 0 heterocycles. The highest BCUT2D eigenvalue weighted by Gasteiger charge is 2.14. The highest BCUT2D eigenvalue weighted by Crippen LogP contribution is 2.36. The van der Waals surface area contributed by atoms with Crippen molar-refractivity contribution in [2.24, 2.45) is 5.92 Å². The molecule has 0 amide bonds. The van der Waals surface area contributed by atoms with E-state index in [1.54, 1.807) is 17.1 Å². The van der Waals surface area contributed by atoms with Crippen LogP contribution in [-0.2, 0) is 0 Å². The van der Waals surface area contributed by atoms with Crippen LogP contribution in [0, 0.1) is 11.8 Å². The Morgan fingerprint density at radius 2 is 2.08 bits per heavy atom. The average Bonchev–Trinajstić information content (AvgIpc) is 2.17. The maximum absolute atomic E-state index is 2.33. The summed E-state index contributed by atoms with van der Waals surface area (Å²) in [4.78, 5) is 0. The van der Waals surface area contributed by atoms with Crippen LogP contribution in [0.4, 0.5) is 0 Å². The SMILES string of the molecule is C[C-](C)C1CC=CC2=C1C=CCC2. The van der Waals surface area contributed by atoms with Crippen LogP contribution in [0.5, 0.6) is 0 Å². The molecule has 2 rings (SSSR count). The van der Waals surface area contributed by atoms with Crippen molar-refractivity contribution in [1.29, 1.82) is 0 Å². The molecule has 1 atom stereocenters. The Labute approximate surface area is 81.0 Å². The number of hydrogen-bond acceptors (Lipinski definition) is 0. The maximum Gasteiger partial charge on any atom is -0.0242 e. The third kappa shape index (κ3) is 1.63. The quantitative estimate of drug-likeness (QED) is 0.529. The Morgan fingerprint density at radius 3 is 2.85 bits per heavy atom. The van der Waals surface area contributed by atoms with Crippen molar-refractivity contribution in [1.82, 2.24) is 0 Å². The molecule has 70 valence electrons. The van der Waals surface area contributed by atoms with Gasteiger partial charge in [-0.3, -0.25) is 0 Å². The predicted octanol–water partition coefficient (Wildman–Crippen LogP) is 3.82. The molecular formula is C13H17-. The Hall–Kier alpha value is -0.780. The first-order chi connectivity index (χ1) is 6.29. The van der Waals surface area contributed by atoms with Gasteiger partial charge in [0.2, 0.25) is 0 Å². The summed E-state index contributed by atoms with van der Waals surface area (Å²) in [5, 5.41) is 0. The summed E-state index contributed by atoms with van der Waals surface area (Å²) in [6.07, 6.45) is 13.0. The molecule has 2 aliphatic carbocycles. The van der Waals surface area contributed by atoms with Gasteiger partial charge < -0.3 is 5.92 Å². The van der Waals surface area contributed by atoms with E-state index in [1.807, 2.05) is 0 Å². The molecule has 1 unspecified atom stereocenters. The van der Waals surface area contributed by atoms with Crippen molar-refractivity contribution >= 4 is 0 Å². The first-order valence-corrected chi connectivity index (χ1v) is 5.15. The Balaban J connectivity index is 2.30. The summed E-state index contributed by atoms with van der Waals surface area (Å²) in [7, 11) is 0. The lowest BCUT2D eigenvalue weighted by Crippen LogP contribution is -2.14. The van der Waals surface area contributed by atoms with Crippen LogP contribution in [-0.4, -0.2) is 0 Å². The fraction of sp³-hybridized carbons (Fsp3) is 0.462. The molecular weight excluding hydrogens is 156 g/mol. The van der Waals surface area contributed by atoms with Crippen LogP contribution in [0.25, 0.3) is 0 Å². The van der Waals surface area contributed by atoms with Gasteiger partial charge in [0.25, 0.3) is 0 Å². The second kappa shape index (κ2) is 3.53. The third-order valence-electron chi connectivity index (χ3n) is 3.01. The predicted molar refractivity (Wildman–Crippen MR) is 57.2 cm³/mol. The van der Waals surface area contributed by atoms with E-state index in [9.17, 15) is 0 Å². The first-order valence-electron chi connectivity index (χ1n) is 5.15. The van der Waals surface area contributed by atoms with E-state index in [4.69, 9.17) is 0 Å². The van der Waals surface area contributed by atoms with Crippen molar-refractivity contribution in [3.05, 3.63) is 41.4 Å². The fourth-order valence-corrected chi connectivity index (χ4v) is 2.24. The van der Waals surface area contributed by atoms with E-state index in [-0.39, 0.29) is 0 Å². The van der Waals surface area contributed by atoms with E-state index >= 15 is 0 Å². The summed E-state index contributed by atoms with van der Waals surface area (Å²) in [6, 6.07) is 0. The van der Waals surface area contributed by atoms with Gasteiger partial charge in [-0.25, -0.2) is 0 Å². The van der Waals surface area contributed by atoms with Gasteiger partial charge in [0.15, 0.2) is 0 Å². The second-order valence-corrected chi connectivity index (χ2v) is 4.19. The molecule has 0 aromatic heterocycles. The average molecular weight is 173 g/mol. The van der Waals surface area contributed by atoms with Crippen molar-refractivity contribution in [2.45, 2.75) is 33.1 Å². The standard InChI is InChI=1S/C13H17/c1-10(2)12-9-5-7-11-6-3-4-8-13(11)12/h4-5,7-8,12H,3,6,9H2,1-2H3/q-1. The van der Waals surface area contributed by atoms with Crippen LogP contribution >= 0.6 is 0 Å². The number of allylic oxidation sites excluding steroid dienone is 6. The minimum atomic E-state index is 0.691. The Kier molecular flexibility index (Phi) is 2.39. The monoisotopic (exact) mass is 173 g/mol. The molecule has 0 aliphatic heterocycles. The van der Waals surface area contributed by atoms with Crippen LogP contribution in [0.1, 0.15) is 33.1 Å². The number of rotatable bonds is 1. The molecule has 13 heavy (non-hydrogen) atoms. The second-order valence-electron chi connectivity index (χ2n) is 4.19. The zero-order valence-electron chi connectivity index (χ0n) is 8.51. The van der Waals surface area contributed by atoms with Gasteiger partial charge in [-0.1, -0.05) is 36.3 Å². The minimum absolute atomic E-state index is 0.691. The van der Waals surface area contributed by atoms with Crippen molar-refractivity contribution in [3.63, 3.8) is 0 Å². The van der Waals surface area contributed by atoms with Gasteiger partial charge in [0, 0.05) is 0 Å². The van der Waals surface area contributed by atoms with Crippen molar-refractivity contribution in [2.75, 3.05) is 0 Å². The minimum Gasteiger partial charge on any atom is -0.312 e. The highest BCUT2D eigenvalue weighted by molar-refractivity contribution is 5.42. The third-order valence-corrected chi connectivity index (χ3v) is 3.01. The molecule has 0 bridgehead atoms. The molecule has 2 aliphatic rings. The molecule has 0 radical (unpaired) electrons. The number of hydrogen-bond donors (Lipinski definition) is 0. The molecule has 0 aromatic rings. The molecule has 0 heteroatoms. The first kappa shape index (κ1) is 8.80. The van der Waals surface area contributed by atoms with Gasteiger partial charge >= 0.3 is 0 Å². The lowest BCUT2D eigenvalue weighted by Gasteiger charge is -2.37. The smallest absolute Gasteiger partial charge is 0.0242 e. The van der Waals surface area contributed by atoms with Crippen LogP contribution < -0.4 is 0 Å². The van der Waals surface area contributed by atoms with Gasteiger partial charge in [0.05, 0.1) is 0 Å². The molecule has 0 saturated carbocycles. The normalized spacial score (nSPS) is 26.8. The van der Waals surface area contributed by atoms with Gasteiger partial charge in [-0.15, -0.1) is 5.92 Å². The Morgan fingerprint density at radius 1 is 1.23 bits per heavy atom. The van der Waals surface area contributed by atoms with E-state index in [1.165, 1.54) is 19.3 Å². The maximum atomic E-state index is 2.33. The van der Waals surface area contributed by atoms with Crippen LogP contribution in [0.2, 0.25) is 0 Å². The van der Waals surface area contributed by atoms with E-state index in [2.05, 4.69) is 38.2 Å². The molecule has 0 saturated heterocycles. The summed E-state index contributed by atoms with van der Waals surface area (Å²) >= 11 is 0. The topological polar surface area (TPSA) is 0 Å². The molecule has 0 N–H and O–H groups in total. The van der Waals surface area contributed by atoms with E-state index in [0.29, 0.717) is 5.92 Å². The van der Waals surface area contributed by atoms with Gasteiger partial charge in [-0.2, -0.15) is 13.8 Å². The van der Waals surface area contributed by atoms with Gasteiger partial charge in [0.1, 0.15) is 0 Å². The summed E-state index contributed by atoms with van der Waals surface area (Å²) in [5.74, 6) is 2.24. The molecule has 0 aromatic carbocycles. The molecule has 0 fully saturated rings. The van der Waals surface area contributed by atoms with E-state index in [0.717, 1.165) is 0 Å². The molecule has 0 nitrogen and oxygen atoms in total. The lowest BCUT2D eigenvalue weighted by atomic mass is 9.77. The largest absolute Gasteiger partial charge is 0.312 e.